The fourth-order valence-electron chi connectivity index (χ4n) is 1.21. The summed E-state index contributed by atoms with van der Waals surface area (Å²) < 4.78 is 6.84. The van der Waals surface area contributed by atoms with E-state index < -0.39 is 0 Å². The lowest BCUT2D eigenvalue weighted by Gasteiger charge is -2.04. The predicted molar refractivity (Wildman–Crippen MR) is 64.4 cm³/mol. The van der Waals surface area contributed by atoms with Crippen LogP contribution in [-0.4, -0.2) is 26.4 Å². The van der Waals surface area contributed by atoms with Gasteiger partial charge in [-0.2, -0.15) is 4.98 Å². The van der Waals surface area contributed by atoms with Gasteiger partial charge in [0.2, 0.25) is 5.88 Å². The fourth-order valence-corrected chi connectivity index (χ4v) is 1.34. The molecular formula is C10H12ClN5O. The number of anilines is 1. The molecule has 0 amide bonds. The van der Waals surface area contributed by atoms with Gasteiger partial charge in [-0.15, -0.1) is 5.10 Å². The molecule has 2 heterocycles. The number of nitrogens with two attached hydrogens (primary N) is 1. The predicted octanol–water partition coefficient (Wildman–Crippen LogP) is 1.69. The second-order valence-corrected chi connectivity index (χ2v) is 3.78. The van der Waals surface area contributed by atoms with E-state index in [4.69, 9.17) is 22.1 Å². The molecule has 0 spiro atoms. The minimum atomic E-state index is 0.258. The van der Waals surface area contributed by atoms with Crippen LogP contribution in [0.5, 0.6) is 5.88 Å². The Labute approximate surface area is 103 Å². The average Bonchev–Trinajstić information content (AvgIpc) is 2.68. The summed E-state index contributed by atoms with van der Waals surface area (Å²) in [6.45, 7) is 2.62. The van der Waals surface area contributed by atoms with Crippen molar-refractivity contribution in [1.29, 1.82) is 0 Å². The SMILES string of the molecule is CCCOc1cncc(-n2cc(Cl)c(N)n2)n1. The van der Waals surface area contributed by atoms with E-state index in [1.165, 1.54) is 4.68 Å². The maximum absolute atomic E-state index is 5.81. The van der Waals surface area contributed by atoms with E-state index >= 15 is 0 Å². The van der Waals surface area contributed by atoms with Gasteiger partial charge in [0.25, 0.3) is 0 Å². The van der Waals surface area contributed by atoms with Gasteiger partial charge in [-0.1, -0.05) is 18.5 Å². The van der Waals surface area contributed by atoms with Crippen LogP contribution in [0, 0.1) is 0 Å². The molecule has 0 fully saturated rings. The third-order valence-electron chi connectivity index (χ3n) is 1.98. The van der Waals surface area contributed by atoms with Gasteiger partial charge in [-0.3, -0.25) is 4.98 Å². The Morgan fingerprint density at radius 1 is 1.47 bits per heavy atom. The summed E-state index contributed by atoms with van der Waals surface area (Å²) in [5.74, 6) is 1.22. The Hall–Kier alpha value is -1.82. The highest BCUT2D eigenvalue weighted by Gasteiger charge is 2.07. The van der Waals surface area contributed by atoms with Crippen molar-refractivity contribution in [3.8, 4) is 11.7 Å². The van der Waals surface area contributed by atoms with E-state index in [0.29, 0.717) is 23.3 Å². The Kier molecular flexibility index (Phi) is 3.43. The van der Waals surface area contributed by atoms with Gasteiger partial charge in [-0.25, -0.2) is 4.68 Å². The highest BCUT2D eigenvalue weighted by molar-refractivity contribution is 6.32. The molecule has 0 saturated carbocycles. The lowest BCUT2D eigenvalue weighted by Crippen LogP contribution is -2.03. The number of hydrogen-bond acceptors (Lipinski definition) is 5. The first-order valence-electron chi connectivity index (χ1n) is 5.16. The number of rotatable bonds is 4. The smallest absolute Gasteiger partial charge is 0.234 e. The van der Waals surface area contributed by atoms with Crippen LogP contribution < -0.4 is 10.5 Å². The van der Waals surface area contributed by atoms with Crippen molar-refractivity contribution in [3.05, 3.63) is 23.6 Å². The zero-order valence-corrected chi connectivity index (χ0v) is 10.1. The highest BCUT2D eigenvalue weighted by atomic mass is 35.5. The van der Waals surface area contributed by atoms with Gasteiger partial charge in [0.15, 0.2) is 11.6 Å². The number of nitrogen functional groups attached to an aromatic ring is 1. The summed E-state index contributed by atoms with van der Waals surface area (Å²) in [5, 5.41) is 4.39. The first kappa shape index (κ1) is 11.7. The minimum Gasteiger partial charge on any atom is -0.477 e. The van der Waals surface area contributed by atoms with Crippen molar-refractivity contribution in [2.24, 2.45) is 0 Å². The molecule has 0 atom stereocenters. The van der Waals surface area contributed by atoms with E-state index in [1.807, 2.05) is 6.92 Å². The molecular weight excluding hydrogens is 242 g/mol. The van der Waals surface area contributed by atoms with E-state index in [1.54, 1.807) is 18.6 Å². The Bertz CT molecular complexity index is 494. The number of hydrogen-bond donors (Lipinski definition) is 1. The fraction of sp³-hybridized carbons (Fsp3) is 0.300. The van der Waals surface area contributed by atoms with E-state index in [9.17, 15) is 0 Å². The first-order chi connectivity index (χ1) is 8.20. The molecule has 7 heteroatoms. The molecule has 2 aromatic heterocycles. The average molecular weight is 254 g/mol. The Balaban J connectivity index is 2.26. The van der Waals surface area contributed by atoms with E-state index in [0.717, 1.165) is 6.42 Å². The lowest BCUT2D eigenvalue weighted by molar-refractivity contribution is 0.303. The largest absolute Gasteiger partial charge is 0.477 e. The van der Waals surface area contributed by atoms with Crippen LogP contribution in [0.2, 0.25) is 5.02 Å². The van der Waals surface area contributed by atoms with Crippen LogP contribution in [0.3, 0.4) is 0 Å². The van der Waals surface area contributed by atoms with Crippen molar-refractivity contribution in [3.63, 3.8) is 0 Å². The zero-order valence-electron chi connectivity index (χ0n) is 9.30. The van der Waals surface area contributed by atoms with Crippen LogP contribution in [-0.2, 0) is 0 Å². The van der Waals surface area contributed by atoms with Crippen molar-refractivity contribution in [2.75, 3.05) is 12.3 Å². The highest BCUT2D eigenvalue weighted by Crippen LogP contribution is 2.18. The second kappa shape index (κ2) is 5.01. The maximum Gasteiger partial charge on any atom is 0.234 e. The minimum absolute atomic E-state index is 0.258. The van der Waals surface area contributed by atoms with E-state index in [2.05, 4.69) is 15.1 Å². The third-order valence-corrected chi connectivity index (χ3v) is 2.28. The van der Waals surface area contributed by atoms with Crippen LogP contribution in [0.15, 0.2) is 18.6 Å². The number of aromatic nitrogens is 4. The number of ether oxygens (including phenoxy) is 1. The second-order valence-electron chi connectivity index (χ2n) is 3.37. The molecule has 0 aromatic carbocycles. The number of halogens is 1. The summed E-state index contributed by atoms with van der Waals surface area (Å²) in [4.78, 5) is 8.26. The molecule has 2 N–H and O–H groups in total. The van der Waals surface area contributed by atoms with Gasteiger partial charge in [0.1, 0.15) is 5.02 Å². The van der Waals surface area contributed by atoms with Crippen molar-refractivity contribution in [1.82, 2.24) is 19.7 Å². The summed E-state index contributed by atoms with van der Waals surface area (Å²) in [6.07, 6.45) is 5.59. The molecule has 0 bridgehead atoms. The number of nitrogens with zero attached hydrogens (tertiary/aromatic N) is 4. The first-order valence-corrected chi connectivity index (χ1v) is 5.54. The van der Waals surface area contributed by atoms with Crippen LogP contribution >= 0.6 is 11.6 Å². The molecule has 17 heavy (non-hydrogen) atoms. The molecule has 0 unspecified atom stereocenters. The molecule has 6 nitrogen and oxygen atoms in total. The Morgan fingerprint density at radius 2 is 2.29 bits per heavy atom. The van der Waals surface area contributed by atoms with Crippen LogP contribution in [0.1, 0.15) is 13.3 Å². The maximum atomic E-state index is 5.81. The van der Waals surface area contributed by atoms with Crippen LogP contribution in [0.4, 0.5) is 5.82 Å². The van der Waals surface area contributed by atoms with Gasteiger partial charge in [0.05, 0.1) is 25.2 Å². The topological polar surface area (TPSA) is 78.9 Å². The summed E-state index contributed by atoms with van der Waals surface area (Å²) in [7, 11) is 0. The van der Waals surface area contributed by atoms with Crippen molar-refractivity contribution < 1.29 is 4.74 Å². The van der Waals surface area contributed by atoms with Gasteiger partial charge in [0, 0.05) is 0 Å². The monoisotopic (exact) mass is 253 g/mol. The third kappa shape index (κ3) is 2.65. The zero-order chi connectivity index (χ0) is 12.3. The van der Waals surface area contributed by atoms with Gasteiger partial charge < -0.3 is 10.5 Å². The standard InChI is InChI=1S/C10H12ClN5O/c1-2-3-17-9-5-13-4-8(14-9)16-6-7(11)10(12)15-16/h4-6H,2-3H2,1H3,(H2,12,15). The van der Waals surface area contributed by atoms with Crippen LogP contribution in [0.25, 0.3) is 5.82 Å². The van der Waals surface area contributed by atoms with Gasteiger partial charge in [-0.05, 0) is 6.42 Å². The molecule has 0 saturated heterocycles. The molecule has 0 aliphatic rings. The molecule has 0 aliphatic carbocycles. The Morgan fingerprint density at radius 3 is 2.94 bits per heavy atom. The quantitative estimate of drug-likeness (QED) is 0.897. The molecule has 90 valence electrons. The molecule has 2 rings (SSSR count). The summed E-state index contributed by atoms with van der Waals surface area (Å²) in [6, 6.07) is 0. The molecule has 0 aliphatic heterocycles. The van der Waals surface area contributed by atoms with E-state index in [-0.39, 0.29) is 5.82 Å². The van der Waals surface area contributed by atoms with Gasteiger partial charge >= 0.3 is 0 Å². The van der Waals surface area contributed by atoms with Crippen molar-refractivity contribution >= 4 is 17.4 Å². The lowest BCUT2D eigenvalue weighted by atomic mass is 10.5. The van der Waals surface area contributed by atoms with Crippen molar-refractivity contribution in [2.45, 2.75) is 13.3 Å². The summed E-state index contributed by atoms with van der Waals surface area (Å²) in [5.41, 5.74) is 5.55. The molecule has 2 aromatic rings. The summed E-state index contributed by atoms with van der Waals surface area (Å²) >= 11 is 5.81. The molecule has 0 radical (unpaired) electrons. The normalized spacial score (nSPS) is 10.5.